The summed E-state index contributed by atoms with van der Waals surface area (Å²) >= 11 is 0. The van der Waals surface area contributed by atoms with E-state index in [1.165, 1.54) is 109 Å². The zero-order valence-corrected chi connectivity index (χ0v) is 17.3. The average molecular weight is 350 g/mol. The van der Waals surface area contributed by atoms with Gasteiger partial charge in [0.05, 0.1) is 6.54 Å². The summed E-state index contributed by atoms with van der Waals surface area (Å²) < 4.78 is 2.24. The van der Waals surface area contributed by atoms with Gasteiger partial charge in [0.1, 0.15) is 12.4 Å². The van der Waals surface area contributed by atoms with Crippen LogP contribution < -0.4 is 4.57 Å². The van der Waals surface area contributed by atoms with E-state index in [0.717, 1.165) is 5.92 Å². The van der Waals surface area contributed by atoms with Gasteiger partial charge in [-0.25, -0.2) is 4.57 Å². The average Bonchev–Trinajstić information content (AvgIpc) is 3.11. The Labute approximate surface area is 157 Å². The van der Waals surface area contributed by atoms with Crippen molar-refractivity contribution in [3.63, 3.8) is 0 Å². The van der Waals surface area contributed by atoms with Gasteiger partial charge in [0.2, 0.25) is 6.33 Å². The molecule has 0 saturated heterocycles. The summed E-state index contributed by atoms with van der Waals surface area (Å²) in [4.78, 5) is 3.10. The summed E-state index contributed by atoms with van der Waals surface area (Å²) in [6.07, 6.45) is 29.3. The lowest BCUT2D eigenvalue weighted by Gasteiger charge is -2.05. The number of hydrogen-bond acceptors (Lipinski definition) is 0. The zero-order chi connectivity index (χ0) is 18.0. The van der Waals surface area contributed by atoms with E-state index in [2.05, 4.69) is 29.6 Å². The van der Waals surface area contributed by atoms with Crippen LogP contribution >= 0.6 is 0 Å². The maximum Gasteiger partial charge on any atom is 0.241 e. The number of H-pyrrole nitrogens is 1. The molecule has 2 nitrogen and oxygen atoms in total. The van der Waals surface area contributed by atoms with Crippen LogP contribution in [0.4, 0.5) is 0 Å². The van der Waals surface area contributed by atoms with Crippen LogP contribution in [0.5, 0.6) is 0 Å². The van der Waals surface area contributed by atoms with Crippen molar-refractivity contribution in [1.29, 1.82) is 0 Å². The van der Waals surface area contributed by atoms with Gasteiger partial charge in [-0.15, -0.1) is 0 Å². The minimum Gasteiger partial charge on any atom is -0.250 e. The van der Waals surface area contributed by atoms with E-state index in [4.69, 9.17) is 0 Å². The number of hydrogen-bond donors (Lipinski definition) is 1. The minimum atomic E-state index is 0.892. The van der Waals surface area contributed by atoms with Crippen LogP contribution in [0.2, 0.25) is 0 Å². The van der Waals surface area contributed by atoms with Crippen molar-refractivity contribution in [2.75, 3.05) is 0 Å². The van der Waals surface area contributed by atoms with Crippen molar-refractivity contribution in [3.8, 4) is 0 Å². The molecule has 1 heterocycles. The summed E-state index contributed by atoms with van der Waals surface area (Å²) in [5, 5.41) is 0. The van der Waals surface area contributed by atoms with Crippen LogP contribution in [0.25, 0.3) is 0 Å². The minimum absolute atomic E-state index is 0.892. The van der Waals surface area contributed by atoms with Crippen LogP contribution in [-0.4, -0.2) is 4.98 Å². The first-order valence-electron chi connectivity index (χ1n) is 11.3. The Hall–Kier alpha value is -0.790. The quantitative estimate of drug-likeness (QED) is 0.213. The first-order valence-corrected chi connectivity index (χ1v) is 11.3. The van der Waals surface area contributed by atoms with Crippen molar-refractivity contribution in [2.24, 2.45) is 5.92 Å². The second-order valence-electron chi connectivity index (χ2n) is 8.34. The van der Waals surface area contributed by atoms with Crippen molar-refractivity contribution in [2.45, 2.75) is 123 Å². The predicted molar refractivity (Wildman–Crippen MR) is 110 cm³/mol. The maximum atomic E-state index is 3.10. The second-order valence-corrected chi connectivity index (χ2v) is 8.34. The number of nitrogens with zero attached hydrogens (tertiary/aromatic N) is 1. The molecule has 1 aromatic heterocycles. The zero-order valence-electron chi connectivity index (χ0n) is 17.3. The number of unbranched alkanes of at least 4 members (excludes halogenated alkanes) is 14. The van der Waals surface area contributed by atoms with Gasteiger partial charge >= 0.3 is 0 Å². The van der Waals surface area contributed by atoms with Gasteiger partial charge in [-0.2, -0.15) is 0 Å². The molecule has 2 heteroatoms. The van der Waals surface area contributed by atoms with Crippen LogP contribution in [-0.2, 0) is 6.54 Å². The number of aromatic amines is 1. The van der Waals surface area contributed by atoms with Gasteiger partial charge < -0.3 is 0 Å². The fourth-order valence-electron chi connectivity index (χ4n) is 3.60. The highest BCUT2D eigenvalue weighted by Crippen LogP contribution is 2.14. The van der Waals surface area contributed by atoms with E-state index in [9.17, 15) is 0 Å². The van der Waals surface area contributed by atoms with Gasteiger partial charge in [-0.1, -0.05) is 104 Å². The smallest absolute Gasteiger partial charge is 0.241 e. The standard InChI is InChI=1S/C23H44N2/c1-23(2)18-16-14-12-10-8-6-4-3-5-7-9-11-13-15-17-20-25-21-19-24-22-25/h19,21-23H,3-18,20H2,1-2H3/p+1. The number of aromatic nitrogens is 2. The van der Waals surface area contributed by atoms with Crippen molar-refractivity contribution >= 4 is 0 Å². The van der Waals surface area contributed by atoms with Crippen LogP contribution in [0.3, 0.4) is 0 Å². The fourth-order valence-corrected chi connectivity index (χ4v) is 3.60. The molecule has 0 fully saturated rings. The topological polar surface area (TPSA) is 19.7 Å². The molecular formula is C23H45N2+. The number of aryl methyl sites for hydroxylation is 1. The normalized spacial score (nSPS) is 11.5. The van der Waals surface area contributed by atoms with Gasteiger partial charge in [0.15, 0.2) is 0 Å². The molecular weight excluding hydrogens is 304 g/mol. The Kier molecular flexibility index (Phi) is 14.8. The summed E-state index contributed by atoms with van der Waals surface area (Å²) in [5.41, 5.74) is 0. The molecule has 0 unspecified atom stereocenters. The lowest BCUT2D eigenvalue weighted by molar-refractivity contribution is -0.696. The van der Waals surface area contributed by atoms with E-state index < -0.39 is 0 Å². The molecule has 146 valence electrons. The molecule has 0 radical (unpaired) electrons. The lowest BCUT2D eigenvalue weighted by atomic mass is 10.0. The second kappa shape index (κ2) is 16.7. The molecule has 0 amide bonds. The molecule has 0 saturated carbocycles. The van der Waals surface area contributed by atoms with Crippen molar-refractivity contribution < 1.29 is 4.57 Å². The third-order valence-corrected chi connectivity index (χ3v) is 5.30. The Bertz CT molecular complexity index is 356. The van der Waals surface area contributed by atoms with E-state index in [0.29, 0.717) is 0 Å². The van der Waals surface area contributed by atoms with E-state index >= 15 is 0 Å². The lowest BCUT2D eigenvalue weighted by Crippen LogP contribution is -2.30. The molecule has 0 aliphatic rings. The monoisotopic (exact) mass is 349 g/mol. The van der Waals surface area contributed by atoms with Crippen LogP contribution in [0.1, 0.15) is 117 Å². The maximum absolute atomic E-state index is 3.10. The highest BCUT2D eigenvalue weighted by molar-refractivity contribution is 4.55. The third-order valence-electron chi connectivity index (χ3n) is 5.30. The molecule has 0 atom stereocenters. The first kappa shape index (κ1) is 22.3. The van der Waals surface area contributed by atoms with Gasteiger partial charge in [-0.3, -0.25) is 4.98 Å². The molecule has 1 N–H and O–H groups in total. The molecule has 0 aliphatic heterocycles. The van der Waals surface area contributed by atoms with Crippen LogP contribution in [0, 0.1) is 5.92 Å². The Balaban J connectivity index is 1.67. The molecule has 0 bridgehead atoms. The fraction of sp³-hybridized carbons (Fsp3) is 0.870. The number of nitrogens with one attached hydrogen (secondary N) is 1. The van der Waals surface area contributed by atoms with Crippen molar-refractivity contribution in [3.05, 3.63) is 18.7 Å². The SMILES string of the molecule is CC(C)CCCCCCCCCCCCCCCCC[n+]1cc[nH]c1. The Morgan fingerprint density at radius 1 is 0.640 bits per heavy atom. The molecule has 1 aromatic rings. The summed E-state index contributed by atoms with van der Waals surface area (Å²) in [6, 6.07) is 0. The van der Waals surface area contributed by atoms with Gasteiger partial charge in [0.25, 0.3) is 0 Å². The highest BCUT2D eigenvalue weighted by Gasteiger charge is 1.98. The predicted octanol–water partition coefficient (Wildman–Crippen LogP) is 7.20. The molecule has 0 spiro atoms. The third kappa shape index (κ3) is 15.2. The van der Waals surface area contributed by atoms with Gasteiger partial charge in [0, 0.05) is 0 Å². The highest BCUT2D eigenvalue weighted by atomic mass is 15.0. The van der Waals surface area contributed by atoms with E-state index in [-0.39, 0.29) is 0 Å². The first-order chi connectivity index (χ1) is 12.3. The summed E-state index contributed by atoms with van der Waals surface area (Å²) in [6.45, 7) is 5.84. The number of rotatable bonds is 18. The molecule has 25 heavy (non-hydrogen) atoms. The summed E-state index contributed by atoms with van der Waals surface area (Å²) in [5.74, 6) is 0.892. The van der Waals surface area contributed by atoms with Crippen LogP contribution in [0.15, 0.2) is 18.7 Å². The Morgan fingerprint density at radius 3 is 1.48 bits per heavy atom. The largest absolute Gasteiger partial charge is 0.250 e. The Morgan fingerprint density at radius 2 is 1.08 bits per heavy atom. The van der Waals surface area contributed by atoms with Gasteiger partial charge in [-0.05, 0) is 18.8 Å². The summed E-state index contributed by atoms with van der Waals surface area (Å²) in [7, 11) is 0. The van der Waals surface area contributed by atoms with E-state index in [1.807, 2.05) is 12.5 Å². The van der Waals surface area contributed by atoms with E-state index in [1.54, 1.807) is 0 Å². The number of imidazole rings is 1. The molecule has 1 rings (SSSR count). The molecule has 0 aliphatic carbocycles. The van der Waals surface area contributed by atoms with Crippen molar-refractivity contribution in [1.82, 2.24) is 4.98 Å². The molecule has 0 aromatic carbocycles.